The Kier molecular flexibility index (Phi) is 5.11. The Hall–Kier alpha value is -4.22. The first kappa shape index (κ1) is 20.1. The zero-order valence-corrected chi connectivity index (χ0v) is 15.8. The van der Waals surface area contributed by atoms with Crippen molar-refractivity contribution in [2.75, 3.05) is 12.4 Å². The number of anilines is 1. The van der Waals surface area contributed by atoms with Crippen LogP contribution in [0.5, 0.6) is 11.8 Å². The van der Waals surface area contributed by atoms with Gasteiger partial charge in [0.15, 0.2) is 5.65 Å². The van der Waals surface area contributed by atoms with Gasteiger partial charge in [0.2, 0.25) is 0 Å². The Morgan fingerprint density at radius 2 is 1.94 bits per heavy atom. The first-order valence-corrected chi connectivity index (χ1v) is 8.72. The molecule has 4 rings (SSSR count). The van der Waals surface area contributed by atoms with Crippen molar-refractivity contribution in [2.24, 2.45) is 0 Å². The highest BCUT2D eigenvalue weighted by Crippen LogP contribution is 2.33. The number of hydrogen-bond donors (Lipinski definition) is 1. The van der Waals surface area contributed by atoms with E-state index in [0.717, 1.165) is 0 Å². The second-order valence-electron chi connectivity index (χ2n) is 6.07. The van der Waals surface area contributed by atoms with Crippen LogP contribution in [0, 0.1) is 0 Å². The molecule has 0 radical (unpaired) electrons. The molecule has 0 aliphatic heterocycles. The fourth-order valence-electron chi connectivity index (χ4n) is 2.76. The number of methoxy groups -OCH3 is 1. The van der Waals surface area contributed by atoms with E-state index in [0.29, 0.717) is 0 Å². The lowest BCUT2D eigenvalue weighted by molar-refractivity contribution is -0.274. The van der Waals surface area contributed by atoms with Crippen LogP contribution in [-0.4, -0.2) is 43.9 Å². The minimum Gasteiger partial charge on any atom is -0.467 e. The number of amides is 1. The van der Waals surface area contributed by atoms with Crippen LogP contribution in [0.2, 0.25) is 0 Å². The number of fused-ring (bicyclic) bond motifs is 1. The smallest absolute Gasteiger partial charge is 0.467 e. The number of carbonyl (C=O) groups is 1. The summed E-state index contributed by atoms with van der Waals surface area (Å²) in [5.74, 6) is -0.790. The zero-order valence-electron chi connectivity index (χ0n) is 15.8. The summed E-state index contributed by atoms with van der Waals surface area (Å²) in [5, 5.41) is 6.63. The number of para-hydroxylation sites is 1. The predicted octanol–water partition coefficient (Wildman–Crippen LogP) is 3.35. The van der Waals surface area contributed by atoms with Gasteiger partial charge in [0.1, 0.15) is 17.1 Å². The minimum absolute atomic E-state index is 0.0688. The van der Waals surface area contributed by atoms with Crippen LogP contribution in [0.25, 0.3) is 16.9 Å². The number of halogens is 3. The summed E-state index contributed by atoms with van der Waals surface area (Å²) in [7, 11) is 1.39. The molecule has 0 spiro atoms. The number of ether oxygens (including phenoxy) is 2. The average molecular weight is 430 g/mol. The van der Waals surface area contributed by atoms with Gasteiger partial charge in [0, 0.05) is 18.0 Å². The van der Waals surface area contributed by atoms with Crippen molar-refractivity contribution in [3.05, 3.63) is 60.6 Å². The van der Waals surface area contributed by atoms with E-state index in [-0.39, 0.29) is 34.3 Å². The molecule has 1 N–H and O–H groups in total. The second kappa shape index (κ2) is 7.89. The molecule has 0 aliphatic rings. The van der Waals surface area contributed by atoms with Crippen LogP contribution in [0.3, 0.4) is 0 Å². The summed E-state index contributed by atoms with van der Waals surface area (Å²) in [6.45, 7) is 0. The minimum atomic E-state index is -4.86. The summed E-state index contributed by atoms with van der Waals surface area (Å²) < 4.78 is 48.6. The van der Waals surface area contributed by atoms with Crippen molar-refractivity contribution < 1.29 is 27.4 Å². The molecule has 0 atom stereocenters. The predicted molar refractivity (Wildman–Crippen MR) is 102 cm³/mol. The topological polar surface area (TPSA) is 104 Å². The zero-order chi connectivity index (χ0) is 22.0. The third-order valence-corrected chi connectivity index (χ3v) is 4.06. The molecule has 0 fully saturated rings. The van der Waals surface area contributed by atoms with Gasteiger partial charge in [-0.1, -0.05) is 12.1 Å². The summed E-state index contributed by atoms with van der Waals surface area (Å²) >= 11 is 0. The van der Waals surface area contributed by atoms with Gasteiger partial charge in [-0.2, -0.15) is 10.1 Å². The highest BCUT2D eigenvalue weighted by molar-refractivity contribution is 6.07. The van der Waals surface area contributed by atoms with E-state index in [1.165, 1.54) is 60.5 Å². The standard InChI is InChI=1S/C19H13F3N6O3/c1-30-18-23-8-6-15(27-18)26-17(29)12-10-24-28-9-7-13(25-16(12)28)11-4-2-3-5-14(11)31-19(20,21)22/h2-10H,1H3,(H,23,26,27,29). The molecule has 0 saturated carbocycles. The van der Waals surface area contributed by atoms with Crippen molar-refractivity contribution in [3.63, 3.8) is 0 Å². The quantitative estimate of drug-likeness (QED) is 0.518. The number of nitrogens with zero attached hydrogens (tertiary/aromatic N) is 5. The molecule has 3 heterocycles. The lowest BCUT2D eigenvalue weighted by Gasteiger charge is -2.13. The van der Waals surface area contributed by atoms with E-state index in [2.05, 4.69) is 30.1 Å². The van der Waals surface area contributed by atoms with E-state index in [9.17, 15) is 18.0 Å². The van der Waals surface area contributed by atoms with Crippen LogP contribution < -0.4 is 14.8 Å². The highest BCUT2D eigenvalue weighted by Gasteiger charge is 2.32. The summed E-state index contributed by atoms with van der Waals surface area (Å²) in [6, 6.07) is 8.59. The SMILES string of the molecule is COc1nccc(NC(=O)c2cnn3ccc(-c4ccccc4OC(F)(F)F)nc23)n1. The van der Waals surface area contributed by atoms with Gasteiger partial charge in [-0.15, -0.1) is 13.2 Å². The molecule has 4 aromatic rings. The van der Waals surface area contributed by atoms with E-state index in [1.54, 1.807) is 6.07 Å². The van der Waals surface area contributed by atoms with Gasteiger partial charge < -0.3 is 14.8 Å². The summed E-state index contributed by atoms with van der Waals surface area (Å²) in [6.07, 6.45) is -0.684. The fourth-order valence-corrected chi connectivity index (χ4v) is 2.76. The van der Waals surface area contributed by atoms with Crippen molar-refractivity contribution in [3.8, 4) is 23.0 Å². The molecule has 31 heavy (non-hydrogen) atoms. The number of alkyl halides is 3. The molecule has 0 bridgehead atoms. The van der Waals surface area contributed by atoms with Gasteiger partial charge in [0.05, 0.1) is 19.0 Å². The van der Waals surface area contributed by atoms with Crippen LogP contribution in [0.4, 0.5) is 19.0 Å². The average Bonchev–Trinajstić information content (AvgIpc) is 3.16. The third-order valence-electron chi connectivity index (χ3n) is 4.06. The normalized spacial score (nSPS) is 11.4. The largest absolute Gasteiger partial charge is 0.573 e. The van der Waals surface area contributed by atoms with E-state index < -0.39 is 18.0 Å². The second-order valence-corrected chi connectivity index (χ2v) is 6.07. The van der Waals surface area contributed by atoms with Crippen molar-refractivity contribution in [1.29, 1.82) is 0 Å². The molecule has 0 unspecified atom stereocenters. The summed E-state index contributed by atoms with van der Waals surface area (Å²) in [4.78, 5) is 24.9. The maximum atomic E-state index is 12.7. The molecule has 0 saturated heterocycles. The van der Waals surface area contributed by atoms with Crippen LogP contribution in [-0.2, 0) is 0 Å². The van der Waals surface area contributed by atoms with Gasteiger partial charge in [-0.05, 0) is 24.3 Å². The van der Waals surface area contributed by atoms with Gasteiger partial charge in [-0.25, -0.2) is 14.5 Å². The van der Waals surface area contributed by atoms with Crippen LogP contribution in [0.15, 0.2) is 55.0 Å². The lowest BCUT2D eigenvalue weighted by atomic mass is 10.1. The molecule has 1 aromatic carbocycles. The maximum Gasteiger partial charge on any atom is 0.573 e. The molecule has 0 aliphatic carbocycles. The highest BCUT2D eigenvalue weighted by atomic mass is 19.4. The molecule has 158 valence electrons. The Morgan fingerprint density at radius 1 is 1.13 bits per heavy atom. The fraction of sp³-hybridized carbons (Fsp3) is 0.105. The Morgan fingerprint density at radius 3 is 2.71 bits per heavy atom. The molecule has 3 aromatic heterocycles. The third kappa shape index (κ3) is 4.37. The molecule has 12 heteroatoms. The number of benzene rings is 1. The number of hydrogen-bond acceptors (Lipinski definition) is 7. The Labute approximate surface area is 172 Å². The molecular formula is C19H13F3N6O3. The van der Waals surface area contributed by atoms with Crippen LogP contribution >= 0.6 is 0 Å². The number of aromatic nitrogens is 5. The number of carbonyl (C=O) groups excluding carboxylic acids is 1. The number of rotatable bonds is 5. The first-order chi connectivity index (χ1) is 14.8. The van der Waals surface area contributed by atoms with E-state index >= 15 is 0 Å². The van der Waals surface area contributed by atoms with E-state index in [1.807, 2.05) is 0 Å². The van der Waals surface area contributed by atoms with Crippen molar-refractivity contribution in [2.45, 2.75) is 6.36 Å². The monoisotopic (exact) mass is 430 g/mol. The Balaban J connectivity index is 1.70. The van der Waals surface area contributed by atoms with Crippen molar-refractivity contribution in [1.82, 2.24) is 24.6 Å². The lowest BCUT2D eigenvalue weighted by Crippen LogP contribution is -2.17. The van der Waals surface area contributed by atoms with Crippen molar-refractivity contribution >= 4 is 17.4 Å². The summed E-state index contributed by atoms with van der Waals surface area (Å²) in [5.41, 5.74) is 0.507. The molecular weight excluding hydrogens is 417 g/mol. The number of nitrogens with one attached hydrogen (secondary N) is 1. The maximum absolute atomic E-state index is 12.7. The van der Waals surface area contributed by atoms with E-state index in [4.69, 9.17) is 4.74 Å². The molecule has 1 amide bonds. The van der Waals surface area contributed by atoms with Gasteiger partial charge in [0.25, 0.3) is 5.91 Å². The first-order valence-electron chi connectivity index (χ1n) is 8.72. The van der Waals surface area contributed by atoms with Gasteiger partial charge >= 0.3 is 12.4 Å². The van der Waals surface area contributed by atoms with Gasteiger partial charge in [-0.3, -0.25) is 4.79 Å². The Bertz CT molecular complexity index is 1260. The molecule has 9 nitrogen and oxygen atoms in total. The van der Waals surface area contributed by atoms with Crippen LogP contribution in [0.1, 0.15) is 10.4 Å².